The number of aliphatic carboxylic acids is 3. The van der Waals surface area contributed by atoms with E-state index in [1.165, 1.54) is 116 Å². The second-order valence-corrected chi connectivity index (χ2v) is 33.9. The Kier molecular flexibility index (Phi) is 49.6. The average Bonchev–Trinajstić information content (AvgIpc) is 0.751. The Balaban J connectivity index is 1.34. The summed E-state index contributed by atoms with van der Waals surface area (Å²) < 4.78 is 58.3. The van der Waals surface area contributed by atoms with Crippen molar-refractivity contribution in [3.8, 4) is 0 Å². The maximum Gasteiger partial charge on any atom is 0.364 e. The number of hydrogen-bond donors (Lipinski definition) is 24. The van der Waals surface area contributed by atoms with Crippen molar-refractivity contribution in [2.75, 3.05) is 39.6 Å². The number of ether oxygens (including phenoxy) is 10. The van der Waals surface area contributed by atoms with Crippen LogP contribution >= 0.6 is 0 Å². The number of amides is 4. The predicted molar refractivity (Wildman–Crippen MR) is 434 cm³/mol. The first kappa shape index (κ1) is 110. The van der Waals surface area contributed by atoms with Gasteiger partial charge in [0.2, 0.25) is 23.6 Å². The number of carbonyl (C=O) groups is 7. The lowest BCUT2D eigenvalue weighted by Gasteiger charge is -2.51. The zero-order valence-corrected chi connectivity index (χ0v) is 72.5. The molecule has 124 heavy (non-hydrogen) atoms. The van der Waals surface area contributed by atoms with Crippen LogP contribution in [0.4, 0.5) is 0 Å². The highest BCUT2D eigenvalue weighted by atomic mass is 16.8. The minimum Gasteiger partial charge on any atom is -0.477 e. The van der Waals surface area contributed by atoms with Gasteiger partial charge in [-0.25, -0.2) is 14.4 Å². The summed E-state index contributed by atoms with van der Waals surface area (Å²) >= 11 is 0. The SMILES string of the molecule is CCCCCCCCCCCCCCCCCCCC(=O)NC(COC1OC(CO)C(OC2OC(CO)C(O)C(OC3(C(=O)O)CC(O)C(NC(C)=O)C(C(O)C(CO)OC4(C(=O)O)CC(O)C(NC(C)=O)C(C(O)C(CO)OC5(C(=O)O)CC(O)C(NC(C)=O)C(C(O)C(O)CO)O5)O4)O3)C2O)C(O)C1O)C(O)CCCCCCCCCCCCCCC. The second-order valence-electron chi connectivity index (χ2n) is 33.9. The number of carboxylic acids is 3. The largest absolute Gasteiger partial charge is 0.477 e. The lowest BCUT2D eigenvalue weighted by atomic mass is 9.86. The fraction of sp³-hybridized carbons (Fsp3) is 0.916. The van der Waals surface area contributed by atoms with Crippen LogP contribution in [0.1, 0.15) is 259 Å². The van der Waals surface area contributed by atoms with Gasteiger partial charge in [-0.3, -0.25) is 19.2 Å². The summed E-state index contributed by atoms with van der Waals surface area (Å²) in [7, 11) is 0. The van der Waals surface area contributed by atoms with Gasteiger partial charge >= 0.3 is 17.9 Å². The first-order chi connectivity index (χ1) is 59.0. The topological polar surface area (TPSA) is 665 Å². The summed E-state index contributed by atoms with van der Waals surface area (Å²) in [6, 6.07) is -6.93. The van der Waals surface area contributed by atoms with Crippen LogP contribution in [0, 0.1) is 0 Å². The molecule has 30 atom stereocenters. The minimum absolute atomic E-state index is 0.147. The third-order valence-corrected chi connectivity index (χ3v) is 23.8. The van der Waals surface area contributed by atoms with E-state index < -0.39 is 277 Å². The van der Waals surface area contributed by atoms with Crippen LogP contribution in [-0.4, -0.2) is 366 Å². The van der Waals surface area contributed by atoms with E-state index in [1.54, 1.807) is 0 Å². The molecule has 0 aromatic heterocycles. The van der Waals surface area contributed by atoms with Crippen molar-refractivity contribution in [3.05, 3.63) is 0 Å². The lowest BCUT2D eigenvalue weighted by molar-refractivity contribution is -0.388. The number of hydrogen-bond acceptors (Lipinski definition) is 34. The van der Waals surface area contributed by atoms with Gasteiger partial charge in [-0.2, -0.15) is 0 Å². The van der Waals surface area contributed by atoms with Crippen molar-refractivity contribution in [1.29, 1.82) is 0 Å². The monoisotopic (exact) mass is 1790 g/mol. The Labute approximate surface area is 724 Å². The summed E-state index contributed by atoms with van der Waals surface area (Å²) in [6.07, 6.45) is -21.3. The zero-order valence-electron chi connectivity index (χ0n) is 72.5. The van der Waals surface area contributed by atoms with Gasteiger partial charge in [-0.05, 0) is 12.8 Å². The molecule has 0 bridgehead atoms. The number of carboxylic acid groups (broad SMARTS) is 3. The molecule has 30 unspecified atom stereocenters. The predicted octanol–water partition coefficient (Wildman–Crippen LogP) is -1.48. The summed E-state index contributed by atoms with van der Waals surface area (Å²) in [5.41, 5.74) is 0. The molecule has 4 amide bonds. The highest BCUT2D eigenvalue weighted by molar-refractivity contribution is 5.79. The Hall–Kier alpha value is -4.79. The van der Waals surface area contributed by atoms with Crippen LogP contribution in [0.3, 0.4) is 0 Å². The fourth-order valence-corrected chi connectivity index (χ4v) is 16.8. The molecule has 5 aliphatic rings. The van der Waals surface area contributed by atoms with Crippen molar-refractivity contribution in [3.63, 3.8) is 0 Å². The van der Waals surface area contributed by atoms with Crippen molar-refractivity contribution in [1.82, 2.24) is 21.3 Å². The highest BCUT2D eigenvalue weighted by Gasteiger charge is 2.64. The molecular weight excluding hydrogens is 1640 g/mol. The molecule has 0 aromatic carbocycles. The van der Waals surface area contributed by atoms with Gasteiger partial charge in [0, 0.05) is 46.5 Å². The number of nitrogens with one attached hydrogen (secondary N) is 4. The second kappa shape index (κ2) is 56.1. The van der Waals surface area contributed by atoms with E-state index in [9.17, 15) is 136 Å². The van der Waals surface area contributed by atoms with Crippen LogP contribution in [0.25, 0.3) is 0 Å². The summed E-state index contributed by atoms with van der Waals surface area (Å²) in [6.45, 7) is 0.0141. The van der Waals surface area contributed by atoms with E-state index >= 15 is 0 Å². The van der Waals surface area contributed by atoms with Crippen molar-refractivity contribution in [2.45, 2.75) is 442 Å². The molecule has 0 spiro atoms. The van der Waals surface area contributed by atoms with E-state index in [0.717, 1.165) is 85.0 Å². The molecule has 5 aliphatic heterocycles. The molecule has 5 fully saturated rings. The first-order valence-corrected chi connectivity index (χ1v) is 44.7. The van der Waals surface area contributed by atoms with Crippen LogP contribution in [0.15, 0.2) is 0 Å². The van der Waals surface area contributed by atoms with Crippen molar-refractivity contribution in [2.24, 2.45) is 0 Å². The molecule has 5 heterocycles. The minimum atomic E-state index is -3.57. The Morgan fingerprint density at radius 2 is 0.758 bits per heavy atom. The molecule has 5 rings (SSSR count). The normalized spacial score (nSPS) is 32.4. The Morgan fingerprint density at radius 3 is 1.12 bits per heavy atom. The number of unbranched alkanes of at least 4 members (excludes halogenated alkanes) is 28. The van der Waals surface area contributed by atoms with Crippen molar-refractivity contribution >= 4 is 41.5 Å². The molecule has 41 heteroatoms. The van der Waals surface area contributed by atoms with Gasteiger partial charge in [0.25, 0.3) is 17.4 Å². The number of aliphatic hydroxyl groups excluding tert-OH is 17. The molecule has 41 nitrogen and oxygen atoms in total. The van der Waals surface area contributed by atoms with E-state index in [4.69, 9.17) is 47.4 Å². The summed E-state index contributed by atoms with van der Waals surface area (Å²) in [4.78, 5) is 92.2. The molecule has 5 saturated heterocycles. The molecule has 0 aromatic rings. The van der Waals surface area contributed by atoms with Gasteiger partial charge in [0.05, 0.1) is 88.2 Å². The van der Waals surface area contributed by atoms with E-state index in [1.807, 2.05) is 0 Å². The van der Waals surface area contributed by atoms with Crippen LogP contribution in [-0.2, 0) is 80.9 Å². The molecule has 24 N–H and O–H groups in total. The third kappa shape index (κ3) is 32.9. The standard InChI is InChI=1S/C83H148N4O37/c1-6-8-10-12-14-16-18-20-21-22-23-25-27-29-31-33-35-37-60(101)87-50(51(96)36-34-32-30-28-26-24-19-17-15-13-11-9-7-2)46-115-76-69(107)68(106)71(59(45-92)117-76)118-77-70(108)75(65(103)56(42-89)116-77)124-83(80(113)114)40-54(99)63(86-49(5)95)74(123-83)67(105)58(44-91)120-82(79(111)112)39-53(98)62(85-48(4)94)73(122-82)66(104)57(43-90)119-81(78(109)110)38-52(97)61(84-47(3)93)72(121-81)64(102)55(100)41-88/h50-59,61-77,88-92,96-100,102-108H,6-46H2,1-5H3,(H,84,93)(H,85,94)(H,86,95)(H,87,101)(H,109,110)(H,111,112)(H,113,114). The Bertz CT molecular complexity index is 3090. The fourth-order valence-electron chi connectivity index (χ4n) is 16.8. The quantitative estimate of drug-likeness (QED) is 0.0309. The lowest BCUT2D eigenvalue weighted by Crippen LogP contribution is -2.72. The van der Waals surface area contributed by atoms with E-state index in [2.05, 4.69) is 35.1 Å². The maximum atomic E-state index is 13.8. The van der Waals surface area contributed by atoms with Gasteiger partial charge in [0.15, 0.2) is 12.6 Å². The highest BCUT2D eigenvalue weighted by Crippen LogP contribution is 2.43. The van der Waals surface area contributed by atoms with Crippen molar-refractivity contribution < 1.29 is 183 Å². The maximum absolute atomic E-state index is 13.8. The zero-order chi connectivity index (χ0) is 92.0. The number of rotatable bonds is 62. The first-order valence-electron chi connectivity index (χ1n) is 44.7. The average molecular weight is 1790 g/mol. The van der Waals surface area contributed by atoms with Gasteiger partial charge < -0.3 is 171 Å². The summed E-state index contributed by atoms with van der Waals surface area (Å²) in [5, 5.41) is 235. The molecule has 0 radical (unpaired) electrons. The van der Waals surface area contributed by atoms with Gasteiger partial charge in [-0.15, -0.1) is 0 Å². The smallest absolute Gasteiger partial charge is 0.364 e. The summed E-state index contributed by atoms with van der Waals surface area (Å²) in [5.74, 6) is -20.5. The number of carbonyl (C=O) groups excluding carboxylic acids is 4. The molecule has 0 saturated carbocycles. The molecular formula is C83H148N4O37. The van der Waals surface area contributed by atoms with Crippen LogP contribution in [0.2, 0.25) is 0 Å². The van der Waals surface area contributed by atoms with Gasteiger partial charge in [0.1, 0.15) is 104 Å². The van der Waals surface area contributed by atoms with Gasteiger partial charge in [-0.1, -0.05) is 200 Å². The van der Waals surface area contributed by atoms with E-state index in [-0.39, 0.29) is 18.7 Å². The number of aliphatic hydroxyl groups is 17. The molecule has 722 valence electrons. The third-order valence-electron chi connectivity index (χ3n) is 23.8. The molecule has 0 aliphatic carbocycles. The Morgan fingerprint density at radius 1 is 0.403 bits per heavy atom. The van der Waals surface area contributed by atoms with E-state index in [0.29, 0.717) is 12.8 Å². The van der Waals surface area contributed by atoms with Crippen LogP contribution < -0.4 is 21.3 Å². The van der Waals surface area contributed by atoms with Crippen LogP contribution in [0.5, 0.6) is 0 Å².